The lowest BCUT2D eigenvalue weighted by molar-refractivity contribution is 0.124. The molecule has 0 fully saturated rings. The lowest BCUT2D eigenvalue weighted by Crippen LogP contribution is -2.11. The van der Waals surface area contributed by atoms with Crippen LogP contribution in [0.3, 0.4) is 0 Å². The highest BCUT2D eigenvalue weighted by Crippen LogP contribution is 2.42. The number of halogens is 4. The normalized spacial score (nSPS) is 15.2. The van der Waals surface area contributed by atoms with Crippen molar-refractivity contribution in [2.24, 2.45) is 5.14 Å². The van der Waals surface area contributed by atoms with Gasteiger partial charge in [-0.05, 0) is 59.7 Å². The summed E-state index contributed by atoms with van der Waals surface area (Å²) in [4.78, 5) is -0.0207. The minimum atomic E-state index is -3.81. The van der Waals surface area contributed by atoms with Crippen molar-refractivity contribution >= 4 is 21.2 Å². The fourth-order valence-electron chi connectivity index (χ4n) is 3.38. The van der Waals surface area contributed by atoms with Crippen molar-refractivity contribution in [3.63, 3.8) is 0 Å². The van der Waals surface area contributed by atoms with E-state index >= 15 is 0 Å². The summed E-state index contributed by atoms with van der Waals surface area (Å²) in [5.74, 6) is 0. The minimum Gasteiger partial charge on any atom is -0.225 e. The van der Waals surface area contributed by atoms with Crippen molar-refractivity contribution in [3.05, 3.63) is 64.7 Å². The Labute approximate surface area is 154 Å². The van der Waals surface area contributed by atoms with Crippen molar-refractivity contribution in [3.8, 4) is 0 Å². The second-order valence-corrected chi connectivity index (χ2v) is 7.89. The lowest BCUT2D eigenvalue weighted by Gasteiger charge is -2.13. The van der Waals surface area contributed by atoms with Gasteiger partial charge in [-0.2, -0.15) is 0 Å². The number of allylic oxidation sites excluding steroid dienone is 2. The molecule has 144 valence electrons. The van der Waals surface area contributed by atoms with Crippen LogP contribution >= 0.6 is 0 Å². The molecule has 3 rings (SSSR count). The average molecular weight is 399 g/mol. The van der Waals surface area contributed by atoms with Gasteiger partial charge in [-0.25, -0.2) is 31.1 Å². The number of primary sulfonamides is 1. The predicted octanol–water partition coefficient (Wildman–Crippen LogP) is 5.30. The number of hydrogen-bond donors (Lipinski definition) is 1. The maximum atomic E-state index is 13.2. The zero-order valence-electron chi connectivity index (χ0n) is 14.1. The quantitative estimate of drug-likeness (QED) is 0.693. The number of nitrogens with two attached hydrogens (primary N) is 1. The molecule has 0 saturated carbocycles. The molecule has 2 aromatic carbocycles. The van der Waals surface area contributed by atoms with E-state index in [4.69, 9.17) is 5.14 Å². The number of sulfonamides is 1. The Morgan fingerprint density at radius 1 is 0.778 bits per heavy atom. The molecule has 0 unspecified atom stereocenters. The summed E-state index contributed by atoms with van der Waals surface area (Å²) in [6, 6.07) is 9.62. The van der Waals surface area contributed by atoms with E-state index in [1.807, 2.05) is 0 Å². The largest absolute Gasteiger partial charge is 0.264 e. The van der Waals surface area contributed by atoms with Crippen LogP contribution in [0.4, 0.5) is 17.6 Å². The first-order chi connectivity index (χ1) is 12.7. The molecule has 0 aliphatic heterocycles. The predicted molar refractivity (Wildman–Crippen MR) is 94.8 cm³/mol. The Hall–Kier alpha value is -2.19. The summed E-state index contributed by atoms with van der Waals surface area (Å²) in [6.07, 6.45) is -3.85. The number of rotatable bonds is 5. The van der Waals surface area contributed by atoms with Crippen LogP contribution < -0.4 is 5.14 Å². The monoisotopic (exact) mass is 399 g/mol. The van der Waals surface area contributed by atoms with Crippen molar-refractivity contribution in [2.75, 3.05) is 0 Å². The zero-order chi connectivity index (χ0) is 19.8. The molecule has 1 aliphatic rings. The van der Waals surface area contributed by atoms with E-state index in [1.54, 1.807) is 12.1 Å². The molecule has 0 spiro atoms. The summed E-state index contributed by atoms with van der Waals surface area (Å²) in [7, 11) is -3.81. The second-order valence-electron chi connectivity index (χ2n) is 6.33. The van der Waals surface area contributed by atoms with Crippen LogP contribution in [-0.4, -0.2) is 8.42 Å². The van der Waals surface area contributed by atoms with E-state index in [0.717, 1.165) is 35.3 Å². The van der Waals surface area contributed by atoms with Gasteiger partial charge in [0, 0.05) is 11.1 Å². The average Bonchev–Trinajstić information content (AvgIpc) is 3.10. The third kappa shape index (κ3) is 4.06. The van der Waals surface area contributed by atoms with Crippen LogP contribution in [0.1, 0.15) is 54.4 Å². The topological polar surface area (TPSA) is 60.2 Å². The number of hydrogen-bond acceptors (Lipinski definition) is 2. The van der Waals surface area contributed by atoms with E-state index in [-0.39, 0.29) is 4.90 Å². The number of alkyl halides is 4. The Balaban J connectivity index is 2.06. The van der Waals surface area contributed by atoms with Gasteiger partial charge in [0.05, 0.1) is 4.90 Å². The zero-order valence-corrected chi connectivity index (χ0v) is 14.9. The van der Waals surface area contributed by atoms with Gasteiger partial charge in [-0.1, -0.05) is 24.3 Å². The van der Waals surface area contributed by atoms with Crippen LogP contribution in [-0.2, 0) is 10.0 Å². The molecular weight excluding hydrogens is 382 g/mol. The highest BCUT2D eigenvalue weighted by Gasteiger charge is 2.23. The van der Waals surface area contributed by atoms with Gasteiger partial charge in [0.15, 0.2) is 0 Å². The van der Waals surface area contributed by atoms with E-state index < -0.39 is 34.0 Å². The molecular formula is C19H17F4NO2S. The van der Waals surface area contributed by atoms with Gasteiger partial charge in [0.1, 0.15) is 0 Å². The van der Waals surface area contributed by atoms with Gasteiger partial charge in [0.2, 0.25) is 10.0 Å². The van der Waals surface area contributed by atoms with Crippen molar-refractivity contribution < 1.29 is 26.0 Å². The summed E-state index contributed by atoms with van der Waals surface area (Å²) in [6.45, 7) is 0. The molecule has 2 aromatic rings. The van der Waals surface area contributed by atoms with E-state index in [9.17, 15) is 26.0 Å². The molecule has 0 amide bonds. The fraction of sp³-hybridized carbons (Fsp3) is 0.263. The molecule has 3 nitrogen and oxygen atoms in total. The number of benzene rings is 2. The van der Waals surface area contributed by atoms with E-state index in [1.165, 1.54) is 18.2 Å². The molecule has 0 bridgehead atoms. The summed E-state index contributed by atoms with van der Waals surface area (Å²) in [5.41, 5.74) is 1.61. The molecule has 2 N–H and O–H groups in total. The second kappa shape index (κ2) is 7.44. The summed E-state index contributed by atoms with van der Waals surface area (Å²) < 4.78 is 75.1. The Morgan fingerprint density at radius 3 is 1.81 bits per heavy atom. The van der Waals surface area contributed by atoms with Crippen LogP contribution in [0.2, 0.25) is 0 Å². The Kier molecular flexibility index (Phi) is 5.39. The van der Waals surface area contributed by atoms with Crippen LogP contribution in [0.25, 0.3) is 11.1 Å². The first-order valence-corrected chi connectivity index (χ1v) is 9.79. The van der Waals surface area contributed by atoms with Gasteiger partial charge < -0.3 is 0 Å². The van der Waals surface area contributed by atoms with Crippen molar-refractivity contribution in [2.45, 2.75) is 37.0 Å². The maximum absolute atomic E-state index is 13.2. The highest BCUT2D eigenvalue weighted by atomic mass is 32.2. The molecule has 1 aliphatic carbocycles. The first-order valence-electron chi connectivity index (χ1n) is 8.24. The van der Waals surface area contributed by atoms with E-state index in [2.05, 4.69) is 0 Å². The van der Waals surface area contributed by atoms with Gasteiger partial charge in [-0.15, -0.1) is 0 Å². The highest BCUT2D eigenvalue weighted by molar-refractivity contribution is 7.89. The smallest absolute Gasteiger partial charge is 0.225 e. The molecule has 27 heavy (non-hydrogen) atoms. The standard InChI is InChI=1S/C19H17F4NO2S/c20-18(21)16-9-6-12(10-17(16)19(22)23)15-3-1-2-14(15)11-4-7-13(8-5-11)27(24,25)26/h4-10,18-19H,1-3H2,(H2,24,25,26). The lowest BCUT2D eigenvalue weighted by atomic mass is 9.94. The van der Waals surface area contributed by atoms with Crippen molar-refractivity contribution in [1.82, 2.24) is 0 Å². The minimum absolute atomic E-state index is 0.0207. The molecule has 8 heteroatoms. The van der Waals surface area contributed by atoms with Crippen LogP contribution in [0.5, 0.6) is 0 Å². The molecule has 0 heterocycles. The Morgan fingerprint density at radius 2 is 1.30 bits per heavy atom. The molecule has 0 atom stereocenters. The van der Waals surface area contributed by atoms with Gasteiger partial charge >= 0.3 is 0 Å². The summed E-state index contributed by atoms with van der Waals surface area (Å²) >= 11 is 0. The van der Waals surface area contributed by atoms with Crippen LogP contribution in [0.15, 0.2) is 47.4 Å². The maximum Gasteiger partial charge on any atom is 0.264 e. The van der Waals surface area contributed by atoms with Gasteiger partial charge in [-0.3, -0.25) is 0 Å². The van der Waals surface area contributed by atoms with Gasteiger partial charge in [0.25, 0.3) is 12.9 Å². The van der Waals surface area contributed by atoms with Crippen LogP contribution in [0, 0.1) is 0 Å². The molecule has 0 radical (unpaired) electrons. The third-order valence-corrected chi connectivity index (χ3v) is 5.58. The van der Waals surface area contributed by atoms with Crippen molar-refractivity contribution in [1.29, 1.82) is 0 Å². The van der Waals surface area contributed by atoms with E-state index in [0.29, 0.717) is 18.4 Å². The third-order valence-electron chi connectivity index (χ3n) is 4.65. The fourth-order valence-corrected chi connectivity index (χ4v) is 3.89. The SMILES string of the molecule is NS(=O)(=O)c1ccc(C2=C(c3ccc(C(F)F)c(C(F)F)c3)CCC2)cc1. The molecule has 0 aromatic heterocycles. The Bertz CT molecular complexity index is 983. The molecule has 0 saturated heterocycles. The summed E-state index contributed by atoms with van der Waals surface area (Å²) in [5, 5.41) is 5.09. The first kappa shape index (κ1) is 19.6.